The van der Waals surface area contributed by atoms with Crippen LogP contribution < -0.4 is 5.32 Å². The van der Waals surface area contributed by atoms with E-state index in [2.05, 4.69) is 15.3 Å². The molecule has 1 atom stereocenters. The third kappa shape index (κ3) is 3.18. The number of nitrogens with zero attached hydrogens (tertiary/aromatic N) is 3. The van der Waals surface area contributed by atoms with E-state index in [4.69, 9.17) is 11.6 Å². The highest BCUT2D eigenvalue weighted by molar-refractivity contribution is 6.28. The number of rotatable bonds is 4. The Kier molecular flexibility index (Phi) is 4.09. The van der Waals surface area contributed by atoms with E-state index in [1.165, 1.54) is 12.1 Å². The van der Waals surface area contributed by atoms with Crippen LogP contribution in [-0.2, 0) is 0 Å². The highest BCUT2D eigenvalue weighted by atomic mass is 35.5. The normalized spacial score (nSPS) is 11.9. The summed E-state index contributed by atoms with van der Waals surface area (Å²) >= 11 is 5.63. The average Bonchev–Trinajstić information content (AvgIpc) is 2.38. The van der Waals surface area contributed by atoms with Gasteiger partial charge in [-0.3, -0.25) is 10.1 Å². The fourth-order valence-electron chi connectivity index (χ4n) is 1.66. The molecule has 1 aromatic carbocycles. The number of hydrogen-bond acceptors (Lipinski definition) is 5. The lowest BCUT2D eigenvalue weighted by molar-refractivity contribution is -0.384. The molecule has 104 valence electrons. The second-order valence-electron chi connectivity index (χ2n) is 4.05. The van der Waals surface area contributed by atoms with Crippen molar-refractivity contribution in [2.45, 2.75) is 13.0 Å². The zero-order valence-corrected chi connectivity index (χ0v) is 11.1. The lowest BCUT2D eigenvalue weighted by Crippen LogP contribution is -2.10. The van der Waals surface area contributed by atoms with Gasteiger partial charge in [0.15, 0.2) is 0 Å². The van der Waals surface area contributed by atoms with Crippen molar-refractivity contribution in [2.24, 2.45) is 0 Å². The third-order valence-electron chi connectivity index (χ3n) is 2.64. The van der Waals surface area contributed by atoms with Gasteiger partial charge in [-0.1, -0.05) is 12.1 Å². The first-order valence-electron chi connectivity index (χ1n) is 5.66. The Balaban J connectivity index is 2.29. The minimum absolute atomic E-state index is 0.00763. The van der Waals surface area contributed by atoms with Crippen molar-refractivity contribution in [3.05, 3.63) is 57.2 Å². The molecular formula is C12H10ClFN4O2. The minimum Gasteiger partial charge on any atom is -0.358 e. The molecule has 1 unspecified atom stereocenters. The molecular weight excluding hydrogens is 287 g/mol. The van der Waals surface area contributed by atoms with Gasteiger partial charge >= 0.3 is 5.69 Å². The Bertz CT molecular complexity index is 653. The van der Waals surface area contributed by atoms with Gasteiger partial charge in [-0.25, -0.2) is 9.37 Å². The van der Waals surface area contributed by atoms with Crippen molar-refractivity contribution in [1.82, 2.24) is 9.97 Å². The highest BCUT2D eigenvalue weighted by Crippen LogP contribution is 2.26. The second kappa shape index (κ2) is 5.79. The smallest absolute Gasteiger partial charge is 0.329 e. The van der Waals surface area contributed by atoms with Gasteiger partial charge in [0, 0.05) is 0 Å². The molecule has 2 rings (SSSR count). The molecule has 20 heavy (non-hydrogen) atoms. The van der Waals surface area contributed by atoms with Crippen molar-refractivity contribution < 1.29 is 9.31 Å². The molecule has 0 radical (unpaired) electrons. The van der Waals surface area contributed by atoms with Gasteiger partial charge in [-0.05, 0) is 36.2 Å². The zero-order chi connectivity index (χ0) is 14.7. The van der Waals surface area contributed by atoms with Crippen molar-refractivity contribution in [2.75, 3.05) is 5.32 Å². The highest BCUT2D eigenvalue weighted by Gasteiger charge is 2.19. The number of aromatic nitrogens is 2. The summed E-state index contributed by atoms with van der Waals surface area (Å²) in [7, 11) is 0. The molecule has 0 saturated carbocycles. The molecule has 0 bridgehead atoms. The van der Waals surface area contributed by atoms with E-state index < -0.39 is 4.92 Å². The van der Waals surface area contributed by atoms with Crippen molar-refractivity contribution in [3.63, 3.8) is 0 Å². The van der Waals surface area contributed by atoms with Gasteiger partial charge in [-0.2, -0.15) is 4.98 Å². The second-order valence-corrected chi connectivity index (χ2v) is 4.39. The lowest BCUT2D eigenvalue weighted by atomic mass is 10.1. The van der Waals surface area contributed by atoms with Crippen LogP contribution in [0.3, 0.4) is 0 Å². The van der Waals surface area contributed by atoms with Gasteiger partial charge < -0.3 is 5.32 Å². The summed E-state index contributed by atoms with van der Waals surface area (Å²) in [4.78, 5) is 17.6. The van der Waals surface area contributed by atoms with Crippen LogP contribution in [0.2, 0.25) is 5.28 Å². The average molecular weight is 297 g/mol. The van der Waals surface area contributed by atoms with Crippen LogP contribution in [0.5, 0.6) is 0 Å². The molecule has 8 heteroatoms. The van der Waals surface area contributed by atoms with E-state index in [1.54, 1.807) is 19.1 Å². The van der Waals surface area contributed by atoms with Gasteiger partial charge in [0.1, 0.15) is 12.0 Å². The van der Waals surface area contributed by atoms with E-state index in [-0.39, 0.29) is 28.6 Å². The van der Waals surface area contributed by atoms with Crippen molar-refractivity contribution >= 4 is 23.1 Å². The Morgan fingerprint density at radius 1 is 1.50 bits per heavy atom. The molecule has 6 nitrogen and oxygen atoms in total. The van der Waals surface area contributed by atoms with Crippen molar-refractivity contribution in [1.29, 1.82) is 0 Å². The Morgan fingerprint density at radius 3 is 2.90 bits per heavy atom. The van der Waals surface area contributed by atoms with Crippen LogP contribution >= 0.6 is 11.6 Å². The SMILES string of the molecule is CC(Nc1nc(Cl)ncc1[N+](=O)[O-])c1cccc(F)c1. The first kappa shape index (κ1) is 14.1. The molecule has 1 N–H and O–H groups in total. The summed E-state index contributed by atoms with van der Waals surface area (Å²) < 4.78 is 13.2. The molecule has 0 aliphatic rings. The summed E-state index contributed by atoms with van der Waals surface area (Å²) in [6.45, 7) is 1.73. The summed E-state index contributed by atoms with van der Waals surface area (Å²) in [5, 5.41) is 13.6. The quantitative estimate of drug-likeness (QED) is 0.531. The maximum Gasteiger partial charge on any atom is 0.329 e. The van der Waals surface area contributed by atoms with Crippen LogP contribution in [0, 0.1) is 15.9 Å². The van der Waals surface area contributed by atoms with E-state index in [0.29, 0.717) is 5.56 Å². The fraction of sp³-hybridized carbons (Fsp3) is 0.167. The van der Waals surface area contributed by atoms with Gasteiger partial charge in [-0.15, -0.1) is 0 Å². The minimum atomic E-state index is -0.614. The first-order chi connectivity index (χ1) is 9.47. The fourth-order valence-corrected chi connectivity index (χ4v) is 1.79. The van der Waals surface area contributed by atoms with Crippen molar-refractivity contribution in [3.8, 4) is 0 Å². The summed E-state index contributed by atoms with van der Waals surface area (Å²) in [5.74, 6) is -0.391. The maximum atomic E-state index is 13.2. The number of halogens is 2. The molecule has 0 aliphatic carbocycles. The molecule has 0 amide bonds. The molecule has 0 fully saturated rings. The predicted molar refractivity (Wildman–Crippen MR) is 72.1 cm³/mol. The summed E-state index contributed by atoms with van der Waals surface area (Å²) in [6, 6.07) is 5.54. The predicted octanol–water partition coefficient (Wildman–Crippen LogP) is 3.35. The largest absolute Gasteiger partial charge is 0.358 e. The Labute approximate surface area is 118 Å². The number of nitrogens with one attached hydrogen (secondary N) is 1. The maximum absolute atomic E-state index is 13.2. The molecule has 0 spiro atoms. The summed E-state index contributed by atoms with van der Waals surface area (Å²) in [6.07, 6.45) is 1.02. The van der Waals surface area contributed by atoms with Crippen LogP contribution in [0.4, 0.5) is 15.9 Å². The Morgan fingerprint density at radius 2 is 2.25 bits per heavy atom. The lowest BCUT2D eigenvalue weighted by Gasteiger charge is -2.14. The molecule has 0 aliphatic heterocycles. The van der Waals surface area contributed by atoms with Crippen LogP contribution in [-0.4, -0.2) is 14.9 Å². The van der Waals surface area contributed by atoms with Gasteiger partial charge in [0.25, 0.3) is 0 Å². The Hall–Kier alpha value is -2.28. The van der Waals surface area contributed by atoms with Gasteiger partial charge in [0.05, 0.1) is 11.0 Å². The number of hydrogen-bond donors (Lipinski definition) is 1. The van der Waals surface area contributed by atoms with E-state index in [0.717, 1.165) is 6.20 Å². The number of benzene rings is 1. The first-order valence-corrected chi connectivity index (χ1v) is 6.04. The van der Waals surface area contributed by atoms with Crippen LogP contribution in [0.15, 0.2) is 30.5 Å². The van der Waals surface area contributed by atoms with E-state index in [9.17, 15) is 14.5 Å². The van der Waals surface area contributed by atoms with Crippen LogP contribution in [0.25, 0.3) is 0 Å². The van der Waals surface area contributed by atoms with E-state index >= 15 is 0 Å². The number of anilines is 1. The monoisotopic (exact) mass is 296 g/mol. The van der Waals surface area contributed by atoms with E-state index in [1.807, 2.05) is 0 Å². The number of nitro groups is 1. The van der Waals surface area contributed by atoms with Gasteiger partial charge in [0.2, 0.25) is 11.1 Å². The standard InChI is InChI=1S/C12H10ClFN4O2/c1-7(8-3-2-4-9(14)5-8)16-11-10(18(19)20)6-15-12(13)17-11/h2-7H,1H3,(H,15,16,17). The zero-order valence-electron chi connectivity index (χ0n) is 10.4. The molecule has 0 saturated heterocycles. The molecule has 2 aromatic rings. The third-order valence-corrected chi connectivity index (χ3v) is 2.82. The van der Waals surface area contributed by atoms with Crippen LogP contribution in [0.1, 0.15) is 18.5 Å². The molecule has 1 heterocycles. The summed E-state index contributed by atoms with van der Waals surface area (Å²) in [5.41, 5.74) is 0.340. The topological polar surface area (TPSA) is 81.0 Å². The molecule has 1 aromatic heterocycles.